The third-order valence-corrected chi connectivity index (χ3v) is 3.89. The average Bonchev–Trinajstić information content (AvgIpc) is 2.98. The molecule has 0 bridgehead atoms. The number of esters is 1. The number of nitrogens with one attached hydrogen (secondary N) is 2. The number of amides is 1. The van der Waals surface area contributed by atoms with Gasteiger partial charge in [0.15, 0.2) is 5.82 Å². The number of ether oxygens (including phenoxy) is 1. The molecule has 0 unspecified atom stereocenters. The molecule has 2 N–H and O–H groups in total. The van der Waals surface area contributed by atoms with Crippen molar-refractivity contribution >= 4 is 28.6 Å². The molecule has 0 aliphatic heterocycles. The Bertz CT molecular complexity index is 905. The summed E-state index contributed by atoms with van der Waals surface area (Å²) in [6.07, 6.45) is 0. The fourth-order valence-corrected chi connectivity index (χ4v) is 2.44. The first kappa shape index (κ1) is 15.7. The van der Waals surface area contributed by atoms with Crippen molar-refractivity contribution in [1.29, 1.82) is 0 Å². The van der Waals surface area contributed by atoms with E-state index >= 15 is 0 Å². The van der Waals surface area contributed by atoms with Crippen molar-refractivity contribution in [3.63, 3.8) is 0 Å². The van der Waals surface area contributed by atoms with E-state index in [9.17, 15) is 9.59 Å². The van der Waals surface area contributed by atoms with E-state index in [0.29, 0.717) is 5.69 Å². The number of rotatable bonds is 3. The van der Waals surface area contributed by atoms with Gasteiger partial charge in [0.2, 0.25) is 0 Å². The van der Waals surface area contributed by atoms with Crippen LogP contribution in [0.25, 0.3) is 11.0 Å². The van der Waals surface area contributed by atoms with Gasteiger partial charge in [0, 0.05) is 0 Å². The third kappa shape index (κ3) is 2.86. The summed E-state index contributed by atoms with van der Waals surface area (Å²) in [4.78, 5) is 31.6. The molecule has 0 fully saturated rings. The minimum absolute atomic E-state index is 0.190. The predicted molar refractivity (Wildman–Crippen MR) is 91.3 cm³/mol. The van der Waals surface area contributed by atoms with Crippen molar-refractivity contribution < 1.29 is 14.3 Å². The Morgan fingerprint density at radius 3 is 2.58 bits per heavy atom. The number of H-pyrrole nitrogens is 1. The smallest absolute Gasteiger partial charge is 0.339 e. The highest BCUT2D eigenvalue weighted by atomic mass is 16.5. The molecule has 3 rings (SSSR count). The number of aromatic nitrogens is 2. The van der Waals surface area contributed by atoms with Gasteiger partial charge in [-0.25, -0.2) is 9.78 Å². The van der Waals surface area contributed by atoms with E-state index in [1.807, 2.05) is 26.0 Å². The lowest BCUT2D eigenvalue weighted by Gasteiger charge is -2.08. The molecular formula is C18H17N3O3. The monoisotopic (exact) mass is 323 g/mol. The molecule has 1 aromatic heterocycles. The molecule has 0 saturated heterocycles. The second-order valence-corrected chi connectivity index (χ2v) is 5.53. The first-order valence-corrected chi connectivity index (χ1v) is 7.45. The maximum atomic E-state index is 12.5. The minimum atomic E-state index is -0.512. The Morgan fingerprint density at radius 2 is 1.83 bits per heavy atom. The van der Waals surface area contributed by atoms with E-state index in [1.54, 1.807) is 24.3 Å². The number of imidazole rings is 1. The number of aromatic amines is 1. The number of carbonyl (C=O) groups excluding carboxylic acids is 2. The highest BCUT2D eigenvalue weighted by Gasteiger charge is 2.17. The van der Waals surface area contributed by atoms with Gasteiger partial charge in [-0.3, -0.25) is 4.79 Å². The zero-order chi connectivity index (χ0) is 17.3. The predicted octanol–water partition coefficient (Wildman–Crippen LogP) is 3.22. The maximum Gasteiger partial charge on any atom is 0.339 e. The molecule has 3 aromatic rings. The zero-order valence-corrected chi connectivity index (χ0v) is 13.6. The van der Waals surface area contributed by atoms with Gasteiger partial charge in [-0.15, -0.1) is 0 Å². The van der Waals surface area contributed by atoms with Gasteiger partial charge in [0.05, 0.1) is 29.4 Å². The van der Waals surface area contributed by atoms with Crippen molar-refractivity contribution in [2.45, 2.75) is 13.8 Å². The third-order valence-electron chi connectivity index (χ3n) is 3.89. The van der Waals surface area contributed by atoms with Gasteiger partial charge in [-0.05, 0) is 49.2 Å². The van der Waals surface area contributed by atoms with E-state index in [4.69, 9.17) is 4.74 Å². The molecule has 24 heavy (non-hydrogen) atoms. The van der Waals surface area contributed by atoms with Crippen LogP contribution in [0.4, 0.5) is 5.69 Å². The van der Waals surface area contributed by atoms with Crippen LogP contribution in [0.1, 0.15) is 32.1 Å². The van der Waals surface area contributed by atoms with Crippen LogP contribution in [-0.2, 0) is 4.74 Å². The molecule has 0 aliphatic rings. The highest BCUT2D eigenvalue weighted by molar-refractivity contribution is 6.07. The number of benzene rings is 2. The summed E-state index contributed by atoms with van der Waals surface area (Å²) >= 11 is 0. The molecule has 0 spiro atoms. The van der Waals surface area contributed by atoms with Crippen LogP contribution in [0, 0.1) is 13.8 Å². The molecule has 0 aliphatic carbocycles. The fraction of sp³-hybridized carbons (Fsp3) is 0.167. The van der Waals surface area contributed by atoms with E-state index in [1.165, 1.54) is 7.11 Å². The lowest BCUT2D eigenvalue weighted by molar-refractivity contribution is 0.0602. The van der Waals surface area contributed by atoms with Gasteiger partial charge in [-0.1, -0.05) is 12.1 Å². The molecular weight excluding hydrogens is 306 g/mol. The van der Waals surface area contributed by atoms with Crippen molar-refractivity contribution in [3.8, 4) is 0 Å². The lowest BCUT2D eigenvalue weighted by atomic mass is 10.1. The van der Waals surface area contributed by atoms with Crippen LogP contribution < -0.4 is 5.32 Å². The number of methoxy groups -OCH3 is 1. The number of aryl methyl sites for hydroxylation is 2. The Morgan fingerprint density at radius 1 is 1.12 bits per heavy atom. The Balaban J connectivity index is 1.92. The van der Waals surface area contributed by atoms with Crippen LogP contribution in [-0.4, -0.2) is 29.0 Å². The first-order chi connectivity index (χ1) is 11.5. The summed E-state index contributed by atoms with van der Waals surface area (Å²) in [6.45, 7) is 4.00. The number of fused-ring (bicyclic) bond motifs is 1. The fourth-order valence-electron chi connectivity index (χ4n) is 2.44. The van der Waals surface area contributed by atoms with Crippen molar-refractivity contribution in [2.24, 2.45) is 0 Å². The number of hydrogen-bond donors (Lipinski definition) is 2. The molecule has 1 heterocycles. The summed E-state index contributed by atoms with van der Waals surface area (Å²) in [5.41, 5.74) is 4.42. The highest BCUT2D eigenvalue weighted by Crippen LogP contribution is 2.19. The van der Waals surface area contributed by atoms with E-state index in [2.05, 4.69) is 15.3 Å². The summed E-state index contributed by atoms with van der Waals surface area (Å²) in [5.74, 6) is -0.741. The largest absolute Gasteiger partial charge is 0.465 e. The standard InChI is InChI=1S/C18H17N3O3/c1-10-8-14-15(9-11(10)2)20-16(19-14)17(22)21-13-7-5-4-6-12(13)18(23)24-3/h4-9H,1-3H3,(H,19,20)(H,21,22). The Labute approximate surface area is 138 Å². The minimum Gasteiger partial charge on any atom is -0.465 e. The summed E-state index contributed by atoms with van der Waals surface area (Å²) in [5, 5.41) is 2.70. The normalized spacial score (nSPS) is 10.6. The summed E-state index contributed by atoms with van der Waals surface area (Å²) in [7, 11) is 1.30. The van der Waals surface area contributed by atoms with Crippen LogP contribution in [0.3, 0.4) is 0 Å². The van der Waals surface area contributed by atoms with Crippen LogP contribution in [0.2, 0.25) is 0 Å². The molecule has 6 nitrogen and oxygen atoms in total. The molecule has 2 aromatic carbocycles. The molecule has 1 amide bonds. The van der Waals surface area contributed by atoms with Gasteiger partial charge in [0.25, 0.3) is 5.91 Å². The SMILES string of the molecule is COC(=O)c1ccccc1NC(=O)c1nc2cc(C)c(C)cc2[nH]1. The van der Waals surface area contributed by atoms with Crippen LogP contribution in [0.15, 0.2) is 36.4 Å². The molecule has 0 radical (unpaired) electrons. The number of anilines is 1. The quantitative estimate of drug-likeness (QED) is 0.725. The van der Waals surface area contributed by atoms with E-state index in [0.717, 1.165) is 22.2 Å². The van der Waals surface area contributed by atoms with E-state index in [-0.39, 0.29) is 11.4 Å². The van der Waals surface area contributed by atoms with Gasteiger partial charge >= 0.3 is 5.97 Å². The molecule has 122 valence electrons. The second kappa shape index (κ2) is 6.16. The van der Waals surface area contributed by atoms with Gasteiger partial charge in [0.1, 0.15) is 0 Å². The number of nitrogens with zero attached hydrogens (tertiary/aromatic N) is 1. The van der Waals surface area contributed by atoms with Crippen molar-refractivity contribution in [1.82, 2.24) is 9.97 Å². The first-order valence-electron chi connectivity index (χ1n) is 7.45. The zero-order valence-electron chi connectivity index (χ0n) is 13.6. The van der Waals surface area contributed by atoms with E-state index < -0.39 is 11.9 Å². The molecule has 0 atom stereocenters. The second-order valence-electron chi connectivity index (χ2n) is 5.53. The number of carbonyl (C=O) groups is 2. The van der Waals surface area contributed by atoms with Gasteiger partial charge < -0.3 is 15.0 Å². The summed E-state index contributed by atoms with van der Waals surface area (Å²) < 4.78 is 4.72. The average molecular weight is 323 g/mol. The van der Waals surface area contributed by atoms with Crippen LogP contribution >= 0.6 is 0 Å². The lowest BCUT2D eigenvalue weighted by Crippen LogP contribution is -2.16. The number of hydrogen-bond acceptors (Lipinski definition) is 4. The van der Waals surface area contributed by atoms with Crippen molar-refractivity contribution in [2.75, 3.05) is 12.4 Å². The van der Waals surface area contributed by atoms with Crippen LogP contribution in [0.5, 0.6) is 0 Å². The van der Waals surface area contributed by atoms with Gasteiger partial charge in [-0.2, -0.15) is 0 Å². The van der Waals surface area contributed by atoms with Crippen molar-refractivity contribution in [3.05, 3.63) is 58.9 Å². The Kier molecular flexibility index (Phi) is 4.04. The Hall–Kier alpha value is -3.15. The molecule has 0 saturated carbocycles. The maximum absolute atomic E-state index is 12.5. The summed E-state index contributed by atoms with van der Waals surface area (Å²) in [6, 6.07) is 10.5. The number of para-hydroxylation sites is 1. The topological polar surface area (TPSA) is 84.1 Å². The molecule has 6 heteroatoms.